The zero-order valence-electron chi connectivity index (χ0n) is 40.0. The van der Waals surface area contributed by atoms with E-state index in [0.29, 0.717) is 0 Å². The summed E-state index contributed by atoms with van der Waals surface area (Å²) in [6.45, 7) is 8.33. The molecule has 4 nitrogen and oxygen atoms in total. The predicted octanol–water partition coefficient (Wildman–Crippen LogP) is -17.6. The van der Waals surface area contributed by atoms with Crippen LogP contribution in [-0.2, 0) is 6.54 Å². The number of hydrogen-bond acceptors (Lipinski definition) is 3. The molecule has 0 unspecified atom stereocenters. The molecule has 1 rings (SSSR count). The Morgan fingerprint density at radius 2 is 0.710 bits per heavy atom. The summed E-state index contributed by atoms with van der Waals surface area (Å²) in [4.78, 5) is 12.3. The van der Waals surface area contributed by atoms with Crippen molar-refractivity contribution in [2.75, 3.05) is 13.1 Å². The van der Waals surface area contributed by atoms with Crippen LogP contribution in [0.25, 0.3) is 0 Å². The van der Waals surface area contributed by atoms with Crippen LogP contribution in [0.5, 0.6) is 0 Å². The second-order valence-electron chi connectivity index (χ2n) is 18.2. The minimum atomic E-state index is -1.40. The van der Waals surface area contributed by atoms with Gasteiger partial charge in [-0.3, -0.25) is 15.0 Å². The standard InChI is InChI=1S/C12H16N2O2.B53/c1-3-9-13(4-2)10-11-5-7-12(8-6-11)14(15)16;1-28-42(29(2)3)49(43(30(4)5)31(6)7)52(48(40(24)25)41(26)27)53(50(44(32(8)9)33(10)11)45(34(12)13)35(14)15)51(46(36(16)17)37(18)19)47(38(20)21)39(22)23/h3,5-8H,1,4,9-10H2,2H3;. The van der Waals surface area contributed by atoms with Gasteiger partial charge in [-0.15, -0.1) is 6.58 Å². The molecule has 57 heteroatoms. The third-order valence-electron chi connectivity index (χ3n) is 13.3. The van der Waals surface area contributed by atoms with Crippen molar-refractivity contribution in [1.82, 2.24) is 4.90 Å². The molecular formula is C12H16B53N2O2. The number of nitro groups is 1. The maximum absolute atomic E-state index is 10.5. The van der Waals surface area contributed by atoms with Gasteiger partial charge in [-0.2, -0.15) is 0 Å². The maximum atomic E-state index is 10.5. The van der Waals surface area contributed by atoms with Crippen molar-refractivity contribution in [1.29, 1.82) is 0 Å². The lowest BCUT2D eigenvalue weighted by Crippen LogP contribution is -2.95. The van der Waals surface area contributed by atoms with E-state index >= 15 is 0 Å². The quantitative estimate of drug-likeness (QED) is 0.0326. The first kappa shape index (κ1) is 70.8. The average molecular weight is 793 g/mol. The van der Waals surface area contributed by atoms with Gasteiger partial charge in [-0.05, 0) is 12.1 Å². The lowest BCUT2D eigenvalue weighted by molar-refractivity contribution is -0.384. The molecule has 0 aliphatic carbocycles. The Morgan fingerprint density at radius 1 is 0.464 bits per heavy atom. The summed E-state index contributed by atoms with van der Waals surface area (Å²) in [6, 6.07) is 6.67. The second-order valence-corrected chi connectivity index (χ2v) is 18.2. The second kappa shape index (κ2) is 34.5. The van der Waals surface area contributed by atoms with Gasteiger partial charge in [0, 0.05) is 401 Å². The molecule has 0 spiro atoms. The van der Waals surface area contributed by atoms with E-state index in [9.17, 15) is 10.1 Å². The number of rotatable bonds is 31. The van der Waals surface area contributed by atoms with Gasteiger partial charge in [0.15, 0.2) is 0 Å². The lowest BCUT2D eigenvalue weighted by Gasteiger charge is -2.57. The molecule has 1 aromatic rings. The first-order valence-corrected chi connectivity index (χ1v) is 22.6. The topological polar surface area (TPSA) is 46.4 Å². The van der Waals surface area contributed by atoms with Crippen molar-refractivity contribution in [3.63, 3.8) is 0 Å². The largest absolute Gasteiger partial charge is 0.296 e. The van der Waals surface area contributed by atoms with Crippen LogP contribution in [0.4, 0.5) is 5.69 Å². The van der Waals surface area contributed by atoms with Gasteiger partial charge in [-0.1, -0.05) is 25.1 Å². The van der Waals surface area contributed by atoms with E-state index in [-0.39, 0.29) is 10.6 Å². The first-order chi connectivity index (χ1) is 31.8. The highest BCUT2D eigenvalue weighted by Crippen LogP contribution is 2.23. The fraction of sp³-hybridized carbons (Fsp3) is 0.333. The molecular weight excluding hydrogens is 777 g/mol. The summed E-state index contributed by atoms with van der Waals surface area (Å²) in [5, 5.41) is 10.5. The van der Waals surface area contributed by atoms with E-state index in [4.69, 9.17) is 209 Å². The van der Waals surface area contributed by atoms with Crippen molar-refractivity contribution < 1.29 is 4.92 Å². The number of nitro benzene ring substituents is 1. The van der Waals surface area contributed by atoms with Crippen molar-refractivity contribution in [2.24, 2.45) is 0 Å². The Balaban J connectivity index is 0.00000242. The van der Waals surface area contributed by atoms with Crippen LogP contribution in [0.3, 0.4) is 0 Å². The molecule has 69 heavy (non-hydrogen) atoms. The fourth-order valence-electron chi connectivity index (χ4n) is 10.5. The summed E-state index contributed by atoms with van der Waals surface area (Å²) in [6.07, 6.45) is -30.8. The molecule has 1 aromatic carbocycles. The zero-order valence-corrected chi connectivity index (χ0v) is 40.0. The van der Waals surface area contributed by atoms with E-state index in [2.05, 4.69) is 18.4 Å². The van der Waals surface area contributed by atoms with Gasteiger partial charge in [0.1, 0.15) is 0 Å². The normalized spacial score (nSPS) is 9.83. The van der Waals surface area contributed by atoms with Gasteiger partial charge in [-0.25, -0.2) is 0 Å². The van der Waals surface area contributed by atoms with Crippen LogP contribution < -0.4 is 0 Å². The highest BCUT2D eigenvalue weighted by atomic mass is 16.6. The number of benzene rings is 1. The molecule has 0 saturated carbocycles. The minimum Gasteiger partial charge on any atom is -0.296 e. The van der Waals surface area contributed by atoms with E-state index in [1.165, 1.54) is 19.2 Å². The molecule has 0 amide bonds. The molecule has 0 bridgehead atoms. The van der Waals surface area contributed by atoms with E-state index in [0.717, 1.165) is 25.2 Å². The molecule has 55 radical (unpaired) electrons. The van der Waals surface area contributed by atoms with Crippen molar-refractivity contribution in [3.8, 4) is 0 Å². The molecule has 0 N–H and O–H groups in total. The Hall–Kier alpha value is 1.76. The summed E-state index contributed by atoms with van der Waals surface area (Å²) in [5.41, 5.74) is 1.21. The van der Waals surface area contributed by atoms with Crippen LogP contribution in [0, 0.1) is 10.1 Å². The lowest BCUT2D eigenvalue weighted by atomic mass is 8.24. The highest BCUT2D eigenvalue weighted by Gasteiger charge is 2.60. The Morgan fingerprint density at radius 3 is 0.913 bits per heavy atom. The van der Waals surface area contributed by atoms with Crippen molar-refractivity contribution in [2.45, 2.75) is 13.5 Å². The molecule has 0 aliphatic heterocycles. The Labute approximate surface area is 466 Å². The molecule has 0 aromatic heterocycles. The number of likely N-dealkylation sites (N-methyl/N-ethyl adjacent to an activating group) is 1. The van der Waals surface area contributed by atoms with Gasteiger partial charge < -0.3 is 0 Å². The van der Waals surface area contributed by atoms with Gasteiger partial charge in [0.2, 0.25) is 0 Å². The van der Waals surface area contributed by atoms with Crippen molar-refractivity contribution >= 4 is 381 Å². The van der Waals surface area contributed by atoms with Crippen molar-refractivity contribution in [3.05, 3.63) is 52.6 Å². The highest BCUT2D eigenvalue weighted by molar-refractivity contribution is 8.36. The van der Waals surface area contributed by atoms with Gasteiger partial charge >= 0.3 is 0 Å². The summed E-state index contributed by atoms with van der Waals surface area (Å²) in [5.74, 6) is 0. The summed E-state index contributed by atoms with van der Waals surface area (Å²) < 4.78 is 0. The average Bonchev–Trinajstić information content (AvgIpc) is 3.18. The van der Waals surface area contributed by atoms with Crippen LogP contribution in [-0.4, -0.2) is 399 Å². The molecule has 245 valence electrons. The smallest absolute Gasteiger partial charge is 0.269 e. The molecule has 0 aliphatic rings. The minimum absolute atomic E-state index is 0.135. The predicted molar refractivity (Wildman–Crippen MR) is 369 cm³/mol. The zero-order chi connectivity index (χ0) is 54.1. The monoisotopic (exact) mass is 804 g/mol. The SMILES string of the molecule is C=CCN(CC)Cc1ccc([N+](=O)[O-])cc1.[B][B]B(B([B])[B])B(B(B([B])[B])B([B])[B])B(B(B([B])[B])B([B])[B])B(B(B(B([B])[B])B([B])[B])B(B([B])[B])B([B])[B])B(B(B([B])[B])B([B])[B])B(B([B])[B])B([B])[B]. The van der Waals surface area contributed by atoms with Crippen LogP contribution in [0.1, 0.15) is 12.5 Å². The number of nitrogens with zero attached hydrogens (tertiary/aromatic N) is 2. The summed E-state index contributed by atoms with van der Waals surface area (Å²) in [7, 11) is 176. The summed E-state index contributed by atoms with van der Waals surface area (Å²) >= 11 is 0. The van der Waals surface area contributed by atoms with E-state index < -0.39 is 160 Å². The van der Waals surface area contributed by atoms with E-state index in [1.807, 2.05) is 6.08 Å². The Kier molecular flexibility index (Phi) is 35.4. The van der Waals surface area contributed by atoms with Crippen LogP contribution in [0.15, 0.2) is 36.9 Å². The van der Waals surface area contributed by atoms with E-state index in [1.54, 1.807) is 12.1 Å². The third kappa shape index (κ3) is 21.3. The van der Waals surface area contributed by atoms with Crippen LogP contribution >= 0.6 is 0 Å². The fourth-order valence-corrected chi connectivity index (χ4v) is 10.5. The molecule has 0 fully saturated rings. The van der Waals surface area contributed by atoms with Gasteiger partial charge in [0.25, 0.3) is 5.69 Å². The number of non-ortho nitro benzene ring substituents is 1. The van der Waals surface area contributed by atoms with Crippen LogP contribution in [0.2, 0.25) is 0 Å². The number of hydrogen-bond donors (Lipinski definition) is 0. The Bertz CT molecular complexity index is 1410. The first-order valence-electron chi connectivity index (χ1n) is 22.6. The van der Waals surface area contributed by atoms with Gasteiger partial charge in [0.05, 0.1) is 4.92 Å². The maximum Gasteiger partial charge on any atom is 0.269 e. The third-order valence-corrected chi connectivity index (χ3v) is 13.3. The molecule has 0 atom stereocenters. The molecule has 0 heterocycles. The molecule has 0 saturated heterocycles.